The molecule has 1 rings (SSSR count). The lowest BCUT2D eigenvalue weighted by Gasteiger charge is -2.18. The second-order valence-electron chi connectivity index (χ2n) is 2.52. The van der Waals surface area contributed by atoms with Crippen LogP contribution in [0.15, 0.2) is 11.5 Å². The lowest BCUT2D eigenvalue weighted by molar-refractivity contribution is -0.149. The van der Waals surface area contributed by atoms with Gasteiger partial charge in [-0.25, -0.2) is 4.79 Å². The van der Waals surface area contributed by atoms with E-state index in [4.69, 9.17) is 20.1 Å². The lowest BCUT2D eigenvalue weighted by Crippen LogP contribution is -2.33. The van der Waals surface area contributed by atoms with Crippen molar-refractivity contribution in [2.75, 3.05) is 13.7 Å². The predicted molar refractivity (Wildman–Crippen MR) is 40.0 cm³/mol. The summed E-state index contributed by atoms with van der Waals surface area (Å²) in [5.41, 5.74) is 0. The van der Waals surface area contributed by atoms with Gasteiger partial charge in [0.15, 0.2) is 11.9 Å². The molecule has 1 aliphatic rings. The summed E-state index contributed by atoms with van der Waals surface area (Å²) in [5.74, 6) is -2.45. The van der Waals surface area contributed by atoms with Gasteiger partial charge in [-0.05, 0) is 0 Å². The van der Waals surface area contributed by atoms with E-state index in [-0.39, 0.29) is 0 Å². The first-order valence-electron chi connectivity index (χ1n) is 3.58. The van der Waals surface area contributed by atoms with E-state index in [1.807, 2.05) is 0 Å². The number of aliphatic hydroxyl groups excluding tert-OH is 3. The summed E-state index contributed by atoms with van der Waals surface area (Å²) in [5, 5.41) is 26.8. The van der Waals surface area contributed by atoms with Gasteiger partial charge in [-0.15, -0.1) is 0 Å². The van der Waals surface area contributed by atoms with Crippen molar-refractivity contribution in [1.82, 2.24) is 0 Å². The molecule has 0 saturated carbocycles. The molecule has 74 valence electrons. The highest BCUT2D eigenvalue weighted by Crippen LogP contribution is 2.22. The van der Waals surface area contributed by atoms with Crippen LogP contribution in [0.3, 0.4) is 0 Å². The van der Waals surface area contributed by atoms with E-state index >= 15 is 0 Å². The molecule has 0 radical (unpaired) electrons. The zero-order valence-corrected chi connectivity index (χ0v) is 6.93. The number of cyclic esters (lactones) is 1. The number of hydrogen-bond acceptors (Lipinski definition) is 6. The van der Waals surface area contributed by atoms with E-state index in [9.17, 15) is 4.79 Å². The highest BCUT2D eigenvalue weighted by molar-refractivity contribution is 5.89. The monoisotopic (exact) mass is 190 g/mol. The number of esters is 1. The summed E-state index contributed by atoms with van der Waals surface area (Å²) >= 11 is 0. The van der Waals surface area contributed by atoms with Crippen molar-refractivity contribution < 1.29 is 29.6 Å². The highest BCUT2D eigenvalue weighted by atomic mass is 16.6. The van der Waals surface area contributed by atoms with Crippen LogP contribution in [0.4, 0.5) is 0 Å². The number of aliphatic hydroxyl groups is 3. The van der Waals surface area contributed by atoms with Gasteiger partial charge in [0.2, 0.25) is 5.76 Å². The molecular formula is C7H10O6. The Balaban J connectivity index is 2.80. The molecule has 0 saturated heterocycles. The molecule has 0 fully saturated rings. The van der Waals surface area contributed by atoms with Gasteiger partial charge in [0.1, 0.15) is 6.10 Å². The van der Waals surface area contributed by atoms with Gasteiger partial charge in [0.25, 0.3) is 0 Å². The van der Waals surface area contributed by atoms with E-state index in [0.717, 1.165) is 0 Å². The minimum atomic E-state index is -1.12. The van der Waals surface area contributed by atoms with Gasteiger partial charge >= 0.3 is 5.97 Å². The van der Waals surface area contributed by atoms with Crippen LogP contribution in [0.2, 0.25) is 0 Å². The number of carbonyl (C=O) groups excluding carboxylic acids is 1. The molecule has 1 heterocycles. The minimum absolute atomic E-state index is 0.425. The standard InChI is InChI=1S/C7H10O6/c1-12-3(2-8)6-4(9)5(10)7(11)13-6/h3,6,8-10H,2H2,1H3. The lowest BCUT2D eigenvalue weighted by atomic mass is 10.2. The quantitative estimate of drug-likeness (QED) is 0.506. The Labute approximate surface area is 74.0 Å². The third kappa shape index (κ3) is 1.58. The Morgan fingerprint density at radius 2 is 2.23 bits per heavy atom. The van der Waals surface area contributed by atoms with Gasteiger partial charge in [0.05, 0.1) is 6.61 Å². The van der Waals surface area contributed by atoms with E-state index in [0.29, 0.717) is 0 Å². The maximum absolute atomic E-state index is 10.7. The molecule has 13 heavy (non-hydrogen) atoms. The molecule has 0 spiro atoms. The molecule has 0 aromatic carbocycles. The second-order valence-corrected chi connectivity index (χ2v) is 2.52. The molecular weight excluding hydrogens is 180 g/mol. The van der Waals surface area contributed by atoms with Crippen molar-refractivity contribution in [2.45, 2.75) is 12.2 Å². The van der Waals surface area contributed by atoms with E-state index in [2.05, 4.69) is 4.74 Å². The first-order chi connectivity index (χ1) is 6.11. The summed E-state index contributed by atoms with van der Waals surface area (Å²) < 4.78 is 9.25. The fraction of sp³-hybridized carbons (Fsp3) is 0.571. The molecule has 2 atom stereocenters. The van der Waals surface area contributed by atoms with Gasteiger partial charge < -0.3 is 24.8 Å². The van der Waals surface area contributed by atoms with Gasteiger partial charge in [-0.3, -0.25) is 0 Å². The summed E-state index contributed by atoms with van der Waals surface area (Å²) in [6.45, 7) is -0.425. The van der Waals surface area contributed by atoms with Crippen molar-refractivity contribution in [3.05, 3.63) is 11.5 Å². The van der Waals surface area contributed by atoms with Crippen molar-refractivity contribution in [2.24, 2.45) is 0 Å². The topological polar surface area (TPSA) is 96.2 Å². The first kappa shape index (κ1) is 9.82. The Morgan fingerprint density at radius 1 is 1.62 bits per heavy atom. The average Bonchev–Trinajstić information content (AvgIpc) is 2.36. The number of ether oxygens (including phenoxy) is 2. The van der Waals surface area contributed by atoms with Crippen LogP contribution < -0.4 is 0 Å². The Kier molecular flexibility index (Phi) is 2.74. The predicted octanol–water partition coefficient (Wildman–Crippen LogP) is -0.753. The summed E-state index contributed by atoms with van der Waals surface area (Å²) in [6, 6.07) is 0. The fourth-order valence-corrected chi connectivity index (χ4v) is 1.01. The van der Waals surface area contributed by atoms with E-state index in [1.165, 1.54) is 7.11 Å². The molecule has 0 aromatic rings. The highest BCUT2D eigenvalue weighted by Gasteiger charge is 2.39. The molecule has 6 heteroatoms. The second kappa shape index (κ2) is 3.63. The first-order valence-corrected chi connectivity index (χ1v) is 3.58. The van der Waals surface area contributed by atoms with Gasteiger partial charge in [0, 0.05) is 7.11 Å². The molecule has 2 unspecified atom stereocenters. The van der Waals surface area contributed by atoms with Crippen molar-refractivity contribution >= 4 is 5.97 Å². The van der Waals surface area contributed by atoms with Crippen molar-refractivity contribution in [1.29, 1.82) is 0 Å². The third-order valence-electron chi connectivity index (χ3n) is 1.76. The molecule has 0 aromatic heterocycles. The summed E-state index contributed by atoms with van der Waals surface area (Å²) in [4.78, 5) is 10.7. The fourth-order valence-electron chi connectivity index (χ4n) is 1.01. The van der Waals surface area contributed by atoms with E-state index in [1.54, 1.807) is 0 Å². The zero-order chi connectivity index (χ0) is 10.0. The number of methoxy groups -OCH3 is 1. The van der Waals surface area contributed by atoms with E-state index < -0.39 is 36.3 Å². The van der Waals surface area contributed by atoms with Crippen molar-refractivity contribution in [3.63, 3.8) is 0 Å². The maximum Gasteiger partial charge on any atom is 0.377 e. The van der Waals surface area contributed by atoms with Crippen LogP contribution in [0.25, 0.3) is 0 Å². The molecule has 0 amide bonds. The van der Waals surface area contributed by atoms with Crippen LogP contribution in [0.1, 0.15) is 0 Å². The molecule has 1 aliphatic heterocycles. The van der Waals surface area contributed by atoms with Crippen LogP contribution in [0.5, 0.6) is 0 Å². The molecule has 0 bridgehead atoms. The molecule has 0 aliphatic carbocycles. The average molecular weight is 190 g/mol. The number of carbonyl (C=O) groups is 1. The Hall–Kier alpha value is -1.27. The SMILES string of the molecule is COC(CO)C1OC(=O)C(O)=C1O. The van der Waals surface area contributed by atoms with Crippen LogP contribution in [-0.2, 0) is 14.3 Å². The summed E-state index contributed by atoms with van der Waals surface area (Å²) in [6.07, 6.45) is -1.99. The van der Waals surface area contributed by atoms with Crippen LogP contribution in [0, 0.1) is 0 Å². The van der Waals surface area contributed by atoms with Crippen LogP contribution in [-0.4, -0.2) is 47.2 Å². The normalized spacial score (nSPS) is 24.8. The number of hydrogen-bond donors (Lipinski definition) is 3. The largest absolute Gasteiger partial charge is 0.505 e. The van der Waals surface area contributed by atoms with Crippen molar-refractivity contribution in [3.8, 4) is 0 Å². The van der Waals surface area contributed by atoms with Gasteiger partial charge in [-0.2, -0.15) is 0 Å². The van der Waals surface area contributed by atoms with Crippen LogP contribution >= 0.6 is 0 Å². The minimum Gasteiger partial charge on any atom is -0.505 e. The molecule has 6 nitrogen and oxygen atoms in total. The Bertz CT molecular complexity index is 241. The zero-order valence-electron chi connectivity index (χ0n) is 6.93. The van der Waals surface area contributed by atoms with Gasteiger partial charge in [-0.1, -0.05) is 0 Å². The third-order valence-corrected chi connectivity index (χ3v) is 1.76. The Morgan fingerprint density at radius 3 is 2.54 bits per heavy atom. The smallest absolute Gasteiger partial charge is 0.377 e. The maximum atomic E-state index is 10.7. The summed E-state index contributed by atoms with van der Waals surface area (Å²) in [7, 11) is 1.29. The molecule has 3 N–H and O–H groups in total. The number of rotatable bonds is 3.